The largest absolute Gasteiger partial charge is 0.489 e. The van der Waals surface area contributed by atoms with Gasteiger partial charge in [0.25, 0.3) is 0 Å². The summed E-state index contributed by atoms with van der Waals surface area (Å²) in [7, 11) is 0. The van der Waals surface area contributed by atoms with Gasteiger partial charge in [-0.25, -0.2) is 0 Å². The van der Waals surface area contributed by atoms with Crippen LogP contribution in [0, 0.1) is 0 Å². The van der Waals surface area contributed by atoms with Crippen molar-refractivity contribution in [2.75, 3.05) is 39.5 Å². The first-order chi connectivity index (χ1) is 10.8. The molecule has 1 aliphatic heterocycles. The third-order valence-corrected chi connectivity index (χ3v) is 3.75. The van der Waals surface area contributed by atoms with E-state index in [2.05, 4.69) is 4.90 Å². The van der Waals surface area contributed by atoms with Gasteiger partial charge in [-0.2, -0.15) is 0 Å². The number of morpholine rings is 1. The van der Waals surface area contributed by atoms with E-state index in [9.17, 15) is 5.11 Å². The van der Waals surface area contributed by atoms with Gasteiger partial charge >= 0.3 is 0 Å². The zero-order valence-electron chi connectivity index (χ0n) is 12.6. The van der Waals surface area contributed by atoms with Gasteiger partial charge in [0.1, 0.15) is 18.5 Å². The van der Waals surface area contributed by atoms with Gasteiger partial charge in [0.05, 0.1) is 18.9 Å². The second kappa shape index (κ2) is 7.45. The van der Waals surface area contributed by atoms with Gasteiger partial charge in [0.2, 0.25) is 0 Å². The molecule has 0 aliphatic carbocycles. The third-order valence-electron chi connectivity index (χ3n) is 3.75. The SMILES string of the molecule is OC(COc1ccccc1-n1cccc1)CN1CCOCC1. The van der Waals surface area contributed by atoms with Crippen molar-refractivity contribution >= 4 is 0 Å². The summed E-state index contributed by atoms with van der Waals surface area (Å²) in [5.41, 5.74) is 0.978. The van der Waals surface area contributed by atoms with E-state index < -0.39 is 6.10 Å². The van der Waals surface area contributed by atoms with Crippen LogP contribution in [0.15, 0.2) is 48.8 Å². The summed E-state index contributed by atoms with van der Waals surface area (Å²) in [6.45, 7) is 4.13. The van der Waals surface area contributed by atoms with E-state index in [1.807, 2.05) is 53.4 Å². The van der Waals surface area contributed by atoms with Gasteiger partial charge in [-0.15, -0.1) is 0 Å². The smallest absolute Gasteiger partial charge is 0.143 e. The van der Waals surface area contributed by atoms with Gasteiger partial charge in [-0.05, 0) is 24.3 Å². The maximum Gasteiger partial charge on any atom is 0.143 e. The molecule has 0 saturated carbocycles. The lowest BCUT2D eigenvalue weighted by Crippen LogP contribution is -2.42. The Balaban J connectivity index is 1.57. The molecule has 0 amide bonds. The molecular weight excluding hydrogens is 280 g/mol. The molecule has 3 rings (SSSR count). The maximum atomic E-state index is 10.2. The molecule has 118 valence electrons. The number of β-amino-alcohol motifs (C(OH)–C–C–N with tert-alkyl or cyclic N) is 1. The van der Waals surface area contributed by atoms with Crippen molar-refractivity contribution in [2.24, 2.45) is 0 Å². The van der Waals surface area contributed by atoms with E-state index in [0.29, 0.717) is 6.54 Å². The summed E-state index contributed by atoms with van der Waals surface area (Å²) < 4.78 is 13.1. The highest BCUT2D eigenvalue weighted by atomic mass is 16.5. The van der Waals surface area contributed by atoms with Crippen LogP contribution in [-0.2, 0) is 4.74 Å². The topological polar surface area (TPSA) is 46.9 Å². The first-order valence-electron chi connectivity index (χ1n) is 7.66. The van der Waals surface area contributed by atoms with E-state index in [0.717, 1.165) is 37.7 Å². The van der Waals surface area contributed by atoms with Crippen LogP contribution in [0.2, 0.25) is 0 Å². The van der Waals surface area contributed by atoms with Crippen molar-refractivity contribution in [3.05, 3.63) is 48.8 Å². The lowest BCUT2D eigenvalue weighted by Gasteiger charge is -2.28. The highest BCUT2D eigenvalue weighted by molar-refractivity contribution is 5.46. The Hall–Kier alpha value is -1.82. The predicted molar refractivity (Wildman–Crippen MR) is 84.5 cm³/mol. The van der Waals surface area contributed by atoms with E-state index in [1.54, 1.807) is 0 Å². The number of hydrogen-bond donors (Lipinski definition) is 1. The number of rotatable bonds is 6. The van der Waals surface area contributed by atoms with Crippen molar-refractivity contribution in [1.82, 2.24) is 9.47 Å². The lowest BCUT2D eigenvalue weighted by atomic mass is 10.3. The zero-order valence-corrected chi connectivity index (χ0v) is 12.6. The number of aromatic nitrogens is 1. The van der Waals surface area contributed by atoms with Gasteiger partial charge in [0.15, 0.2) is 0 Å². The number of aliphatic hydroxyl groups excluding tert-OH is 1. The van der Waals surface area contributed by atoms with Crippen molar-refractivity contribution in [2.45, 2.75) is 6.10 Å². The van der Waals surface area contributed by atoms with Gasteiger partial charge in [-0.1, -0.05) is 12.1 Å². The summed E-state index contributed by atoms with van der Waals surface area (Å²) >= 11 is 0. The number of benzene rings is 1. The number of para-hydroxylation sites is 2. The average Bonchev–Trinajstić information content (AvgIpc) is 3.08. The van der Waals surface area contributed by atoms with Gasteiger partial charge in [-0.3, -0.25) is 4.90 Å². The number of hydrogen-bond acceptors (Lipinski definition) is 4. The van der Waals surface area contributed by atoms with Crippen molar-refractivity contribution in [3.8, 4) is 11.4 Å². The first kappa shape index (κ1) is 15.1. The van der Waals surface area contributed by atoms with Crippen LogP contribution < -0.4 is 4.74 Å². The standard InChI is InChI=1S/C17H22N2O3/c20-15(13-18-9-11-21-12-10-18)14-22-17-6-2-1-5-16(17)19-7-3-4-8-19/h1-8,15,20H,9-14H2. The number of aliphatic hydroxyl groups is 1. The van der Waals surface area contributed by atoms with Crippen LogP contribution in [0.4, 0.5) is 0 Å². The Labute approximate surface area is 130 Å². The second-order valence-corrected chi connectivity index (χ2v) is 5.44. The molecule has 22 heavy (non-hydrogen) atoms. The molecule has 1 aromatic heterocycles. The molecule has 1 unspecified atom stereocenters. The molecule has 1 fully saturated rings. The molecule has 1 aliphatic rings. The Morgan fingerprint density at radius 2 is 1.82 bits per heavy atom. The monoisotopic (exact) mass is 302 g/mol. The van der Waals surface area contributed by atoms with Crippen LogP contribution >= 0.6 is 0 Å². The third kappa shape index (κ3) is 3.88. The van der Waals surface area contributed by atoms with Crippen LogP contribution in [-0.4, -0.2) is 60.1 Å². The fourth-order valence-corrected chi connectivity index (χ4v) is 2.61. The van der Waals surface area contributed by atoms with Crippen molar-refractivity contribution in [3.63, 3.8) is 0 Å². The van der Waals surface area contributed by atoms with Gasteiger partial charge in [0, 0.05) is 32.0 Å². The van der Waals surface area contributed by atoms with Crippen LogP contribution in [0.5, 0.6) is 5.75 Å². The molecule has 2 aromatic rings. The fraction of sp³-hybridized carbons (Fsp3) is 0.412. The molecule has 0 radical (unpaired) electrons. The lowest BCUT2D eigenvalue weighted by molar-refractivity contribution is 0.00466. The molecular formula is C17H22N2O3. The summed E-state index contributed by atoms with van der Waals surface area (Å²) in [6.07, 6.45) is 3.45. The minimum Gasteiger partial charge on any atom is -0.489 e. The highest BCUT2D eigenvalue weighted by Gasteiger charge is 2.16. The molecule has 1 atom stereocenters. The van der Waals surface area contributed by atoms with Crippen LogP contribution in [0.1, 0.15) is 0 Å². The van der Waals surface area contributed by atoms with Gasteiger partial charge < -0.3 is 19.1 Å². The second-order valence-electron chi connectivity index (χ2n) is 5.44. The number of ether oxygens (including phenoxy) is 2. The first-order valence-corrected chi connectivity index (χ1v) is 7.66. The van der Waals surface area contributed by atoms with Crippen LogP contribution in [0.25, 0.3) is 5.69 Å². The van der Waals surface area contributed by atoms with E-state index in [1.165, 1.54) is 0 Å². The van der Waals surface area contributed by atoms with Crippen LogP contribution in [0.3, 0.4) is 0 Å². The summed E-state index contributed by atoms with van der Waals surface area (Å²) in [5, 5.41) is 10.2. The Bertz CT molecular complexity index is 565. The van der Waals surface area contributed by atoms with E-state index in [-0.39, 0.29) is 6.61 Å². The zero-order chi connectivity index (χ0) is 15.2. The maximum absolute atomic E-state index is 10.2. The molecule has 1 saturated heterocycles. The quantitative estimate of drug-likeness (QED) is 0.879. The predicted octanol–water partition coefficient (Wildman–Crippen LogP) is 1.55. The summed E-state index contributed by atoms with van der Waals surface area (Å²) in [5.74, 6) is 0.778. The fourth-order valence-electron chi connectivity index (χ4n) is 2.61. The summed E-state index contributed by atoms with van der Waals surface area (Å²) in [4.78, 5) is 2.20. The van der Waals surface area contributed by atoms with Crippen molar-refractivity contribution < 1.29 is 14.6 Å². The average molecular weight is 302 g/mol. The minimum atomic E-state index is -0.504. The normalized spacial score (nSPS) is 17.3. The van der Waals surface area contributed by atoms with E-state index >= 15 is 0 Å². The molecule has 5 heteroatoms. The van der Waals surface area contributed by atoms with E-state index in [4.69, 9.17) is 9.47 Å². The Morgan fingerprint density at radius 3 is 2.59 bits per heavy atom. The minimum absolute atomic E-state index is 0.287. The molecule has 0 bridgehead atoms. The summed E-state index contributed by atoms with van der Waals surface area (Å²) in [6, 6.07) is 11.8. The molecule has 5 nitrogen and oxygen atoms in total. The highest BCUT2D eigenvalue weighted by Crippen LogP contribution is 2.22. The molecule has 0 spiro atoms. The molecule has 1 aromatic carbocycles. The molecule has 1 N–H and O–H groups in total. The Kier molecular flexibility index (Phi) is 5.11. The molecule has 2 heterocycles. The Morgan fingerprint density at radius 1 is 1.09 bits per heavy atom. The number of nitrogens with zero attached hydrogens (tertiary/aromatic N) is 2. The van der Waals surface area contributed by atoms with Crippen molar-refractivity contribution in [1.29, 1.82) is 0 Å².